The summed E-state index contributed by atoms with van der Waals surface area (Å²) in [6, 6.07) is 4.01. The molecule has 6 nitrogen and oxygen atoms in total. The molecule has 7 heteroatoms. The Balaban J connectivity index is 2.10. The molecule has 2 aliphatic heterocycles. The van der Waals surface area contributed by atoms with Gasteiger partial charge in [-0.15, -0.1) is 0 Å². The standard InChI is InChI=1S/C21H28FN3O3/c1-5-24-13-21(19(27)28,18(26)15-11-14(22)8-9-16(15)24)25-10-6-7-17(25)23-12-20(2,3)4/h8-9,11-12,17H,5-7,10,13H2,1-4H3,(H,27,28)/b23-12+. The monoisotopic (exact) mass is 389 g/mol. The van der Waals surface area contributed by atoms with Gasteiger partial charge in [0.25, 0.3) is 0 Å². The van der Waals surface area contributed by atoms with Crippen LogP contribution in [-0.2, 0) is 4.79 Å². The largest absolute Gasteiger partial charge is 0.479 e. The van der Waals surface area contributed by atoms with Gasteiger partial charge in [0.05, 0.1) is 6.54 Å². The summed E-state index contributed by atoms with van der Waals surface area (Å²) in [5, 5.41) is 10.2. The molecule has 3 rings (SSSR count). The van der Waals surface area contributed by atoms with E-state index in [2.05, 4.69) is 4.99 Å². The summed E-state index contributed by atoms with van der Waals surface area (Å²) in [6.07, 6.45) is 2.89. The molecule has 0 bridgehead atoms. The Morgan fingerprint density at radius 2 is 2.14 bits per heavy atom. The van der Waals surface area contributed by atoms with Crippen LogP contribution in [0.2, 0.25) is 0 Å². The number of anilines is 1. The predicted octanol–water partition coefficient (Wildman–Crippen LogP) is 3.21. The number of Topliss-reactive ketones (excluding diaryl/α,β-unsaturated/α-hetero) is 1. The summed E-state index contributed by atoms with van der Waals surface area (Å²) in [4.78, 5) is 34.2. The number of carbonyl (C=O) groups is 2. The number of likely N-dealkylation sites (N-methyl/N-ethyl adjacent to an activating group) is 1. The van der Waals surface area contributed by atoms with Gasteiger partial charge in [-0.05, 0) is 43.4 Å². The van der Waals surface area contributed by atoms with E-state index in [-0.39, 0.29) is 23.7 Å². The number of rotatable bonds is 4. The first-order valence-electron chi connectivity index (χ1n) is 9.74. The smallest absolute Gasteiger partial charge is 0.334 e. The van der Waals surface area contributed by atoms with Gasteiger partial charge >= 0.3 is 5.97 Å². The van der Waals surface area contributed by atoms with Crippen molar-refractivity contribution in [3.05, 3.63) is 29.6 Å². The number of carboxylic acids is 1. The number of fused-ring (bicyclic) bond motifs is 1. The van der Waals surface area contributed by atoms with Crippen molar-refractivity contribution in [3.8, 4) is 0 Å². The fraction of sp³-hybridized carbons (Fsp3) is 0.571. The summed E-state index contributed by atoms with van der Waals surface area (Å²) < 4.78 is 13.9. The zero-order chi connectivity index (χ0) is 20.7. The van der Waals surface area contributed by atoms with Gasteiger partial charge in [0, 0.05) is 30.6 Å². The molecule has 1 saturated heterocycles. The zero-order valence-electron chi connectivity index (χ0n) is 16.9. The van der Waals surface area contributed by atoms with E-state index in [1.54, 1.807) is 11.0 Å². The predicted molar refractivity (Wildman–Crippen MR) is 107 cm³/mol. The average molecular weight is 389 g/mol. The van der Waals surface area contributed by atoms with Crippen LogP contribution in [0, 0.1) is 11.2 Å². The number of benzene rings is 1. The highest BCUT2D eigenvalue weighted by Crippen LogP contribution is 2.39. The normalized spacial score (nSPS) is 26.1. The summed E-state index contributed by atoms with van der Waals surface area (Å²) in [7, 11) is 0. The Bertz CT molecular complexity index is 818. The summed E-state index contributed by atoms with van der Waals surface area (Å²) in [5.41, 5.74) is -1.21. The second-order valence-corrected chi connectivity index (χ2v) is 8.63. The first-order valence-corrected chi connectivity index (χ1v) is 9.74. The van der Waals surface area contributed by atoms with Crippen LogP contribution in [0.15, 0.2) is 23.2 Å². The molecular formula is C21H28FN3O3. The Kier molecular flexibility index (Phi) is 5.32. The third kappa shape index (κ3) is 3.43. The van der Waals surface area contributed by atoms with E-state index in [0.717, 1.165) is 12.5 Å². The molecule has 1 aromatic rings. The third-order valence-corrected chi connectivity index (χ3v) is 5.42. The quantitative estimate of drug-likeness (QED) is 0.632. The van der Waals surface area contributed by atoms with Crippen LogP contribution in [0.1, 0.15) is 50.9 Å². The third-order valence-electron chi connectivity index (χ3n) is 5.42. The molecule has 1 N–H and O–H groups in total. The maximum absolute atomic E-state index is 13.9. The number of carbonyl (C=O) groups excluding carboxylic acids is 1. The number of aliphatic carboxylic acids is 1. The van der Waals surface area contributed by atoms with Gasteiger partial charge in [-0.3, -0.25) is 14.7 Å². The molecule has 2 atom stereocenters. The molecule has 0 amide bonds. The van der Waals surface area contributed by atoms with Crippen LogP contribution in [0.25, 0.3) is 0 Å². The van der Waals surface area contributed by atoms with Crippen LogP contribution < -0.4 is 4.90 Å². The van der Waals surface area contributed by atoms with Crippen molar-refractivity contribution in [2.24, 2.45) is 10.4 Å². The zero-order valence-corrected chi connectivity index (χ0v) is 16.9. The Labute approximate surface area is 165 Å². The van der Waals surface area contributed by atoms with Gasteiger partial charge in [-0.25, -0.2) is 9.18 Å². The summed E-state index contributed by atoms with van der Waals surface area (Å²) in [5.74, 6) is -2.31. The number of carboxylic acid groups (broad SMARTS) is 1. The lowest BCUT2D eigenvalue weighted by Gasteiger charge is -2.46. The van der Waals surface area contributed by atoms with E-state index in [1.807, 2.05) is 38.8 Å². The molecule has 2 heterocycles. The SMILES string of the molecule is CCN1CC(C(=O)O)(N2CCCC2/N=C/C(C)(C)C)C(=O)c2cc(F)ccc21. The van der Waals surface area contributed by atoms with Crippen molar-refractivity contribution in [1.82, 2.24) is 4.90 Å². The van der Waals surface area contributed by atoms with Gasteiger partial charge in [0.1, 0.15) is 12.0 Å². The van der Waals surface area contributed by atoms with E-state index >= 15 is 0 Å². The van der Waals surface area contributed by atoms with E-state index in [4.69, 9.17) is 0 Å². The van der Waals surface area contributed by atoms with Crippen LogP contribution >= 0.6 is 0 Å². The Morgan fingerprint density at radius 3 is 2.75 bits per heavy atom. The van der Waals surface area contributed by atoms with Crippen molar-refractivity contribution in [3.63, 3.8) is 0 Å². The fourth-order valence-electron chi connectivity index (χ4n) is 4.07. The molecule has 2 aliphatic rings. The first kappa shape index (κ1) is 20.5. The number of nitrogens with zero attached hydrogens (tertiary/aromatic N) is 3. The highest BCUT2D eigenvalue weighted by atomic mass is 19.1. The number of halogens is 1. The molecule has 0 saturated carbocycles. The fourth-order valence-corrected chi connectivity index (χ4v) is 4.07. The number of ketones is 1. The second-order valence-electron chi connectivity index (χ2n) is 8.63. The number of likely N-dealkylation sites (tertiary alicyclic amines) is 1. The van der Waals surface area contributed by atoms with Crippen LogP contribution in [0.3, 0.4) is 0 Å². The lowest BCUT2D eigenvalue weighted by Crippen LogP contribution is -2.68. The van der Waals surface area contributed by atoms with Gasteiger partial charge in [-0.1, -0.05) is 20.8 Å². The number of hydrogen-bond acceptors (Lipinski definition) is 5. The molecule has 0 radical (unpaired) electrons. The van der Waals surface area contributed by atoms with Crippen LogP contribution in [0.4, 0.5) is 10.1 Å². The van der Waals surface area contributed by atoms with E-state index in [1.165, 1.54) is 6.07 Å². The summed E-state index contributed by atoms with van der Waals surface area (Å²) >= 11 is 0. The lowest BCUT2D eigenvalue weighted by atomic mass is 9.82. The summed E-state index contributed by atoms with van der Waals surface area (Å²) in [6.45, 7) is 8.97. The van der Waals surface area contributed by atoms with E-state index in [9.17, 15) is 19.1 Å². The molecule has 152 valence electrons. The molecule has 1 aromatic carbocycles. The lowest BCUT2D eigenvalue weighted by molar-refractivity contribution is -0.148. The molecule has 0 aliphatic carbocycles. The number of aliphatic imine (C=N–C) groups is 1. The van der Waals surface area contributed by atoms with Gasteiger partial charge in [-0.2, -0.15) is 0 Å². The average Bonchev–Trinajstić information content (AvgIpc) is 3.09. The Morgan fingerprint density at radius 1 is 1.43 bits per heavy atom. The number of hydrogen-bond donors (Lipinski definition) is 1. The van der Waals surface area contributed by atoms with Crippen molar-refractivity contribution >= 4 is 23.7 Å². The van der Waals surface area contributed by atoms with Crippen LogP contribution in [0.5, 0.6) is 0 Å². The Hall–Kier alpha value is -2.28. The van der Waals surface area contributed by atoms with Gasteiger partial charge < -0.3 is 10.0 Å². The maximum Gasteiger partial charge on any atom is 0.334 e. The van der Waals surface area contributed by atoms with Crippen molar-refractivity contribution in [2.45, 2.75) is 52.2 Å². The van der Waals surface area contributed by atoms with Crippen molar-refractivity contribution < 1.29 is 19.1 Å². The molecule has 28 heavy (non-hydrogen) atoms. The van der Waals surface area contributed by atoms with Crippen molar-refractivity contribution in [1.29, 1.82) is 0 Å². The minimum atomic E-state index is -1.77. The highest BCUT2D eigenvalue weighted by Gasteiger charge is 2.58. The molecule has 0 spiro atoms. The molecule has 1 fully saturated rings. The van der Waals surface area contributed by atoms with Gasteiger partial charge in [0.15, 0.2) is 5.78 Å². The first-order chi connectivity index (χ1) is 13.1. The minimum Gasteiger partial charge on any atom is -0.479 e. The second kappa shape index (κ2) is 7.28. The van der Waals surface area contributed by atoms with Gasteiger partial charge in [0.2, 0.25) is 5.54 Å². The minimum absolute atomic E-state index is 0.0256. The van der Waals surface area contributed by atoms with Crippen LogP contribution in [-0.4, -0.2) is 59.3 Å². The van der Waals surface area contributed by atoms with Crippen molar-refractivity contribution in [2.75, 3.05) is 24.5 Å². The molecular weight excluding hydrogens is 361 g/mol. The topological polar surface area (TPSA) is 73.2 Å². The van der Waals surface area contributed by atoms with E-state index < -0.39 is 23.1 Å². The molecule has 2 unspecified atom stereocenters. The maximum atomic E-state index is 13.9. The highest BCUT2D eigenvalue weighted by molar-refractivity contribution is 6.20. The molecule has 0 aromatic heterocycles. The van der Waals surface area contributed by atoms with E-state index in [0.29, 0.717) is 25.2 Å².